The topological polar surface area (TPSA) is 152 Å². The van der Waals surface area contributed by atoms with Crippen molar-refractivity contribution in [1.82, 2.24) is 9.55 Å². The molecule has 0 saturated carbocycles. The molecule has 0 radical (unpaired) electrons. The number of ether oxygens (including phenoxy) is 2. The number of ketones is 1. The van der Waals surface area contributed by atoms with Crippen LogP contribution in [0, 0.1) is 0 Å². The molecule has 1 amide bonds. The third-order valence-electron chi connectivity index (χ3n) is 6.44. The number of carbonyl (C=O) groups excluding carboxylic acids is 2. The van der Waals surface area contributed by atoms with E-state index in [2.05, 4.69) is 15.6 Å². The molecule has 1 aliphatic heterocycles. The molecular weight excluding hydrogens is 518 g/mol. The van der Waals surface area contributed by atoms with Crippen LogP contribution in [0.1, 0.15) is 22.1 Å². The third kappa shape index (κ3) is 5.04. The van der Waals surface area contributed by atoms with E-state index in [0.717, 1.165) is 28.6 Å². The Morgan fingerprint density at radius 2 is 2.00 bits per heavy atom. The van der Waals surface area contributed by atoms with Gasteiger partial charge in [-0.05, 0) is 29.2 Å². The van der Waals surface area contributed by atoms with Gasteiger partial charge in [0.15, 0.2) is 11.9 Å². The standard InChI is InChI=1S/C26H24F2N4O7/c27-26(28)23(36)18(12-33)39-24(26)32-10-8-19(31-25(32)37)30-20(35)13-38-11-9-29-16-6-4-14-2-1-3-15-5-7-17(34)22(16)21(14)15/h1-8,10,18,23-24,29,33,36H,9,11-13H2,(H,30,31,35,37)/t18-,23+,24-/m1/s1. The fourth-order valence-corrected chi connectivity index (χ4v) is 4.58. The molecule has 11 nitrogen and oxygen atoms in total. The lowest BCUT2D eigenvalue weighted by Crippen LogP contribution is -2.41. The molecule has 39 heavy (non-hydrogen) atoms. The number of aromatic nitrogens is 2. The van der Waals surface area contributed by atoms with Crippen LogP contribution in [0.3, 0.4) is 0 Å². The van der Waals surface area contributed by atoms with Crippen molar-refractivity contribution in [3.63, 3.8) is 0 Å². The van der Waals surface area contributed by atoms with Crippen molar-refractivity contribution in [3.8, 4) is 0 Å². The monoisotopic (exact) mass is 542 g/mol. The Bertz CT molecular complexity index is 1520. The van der Waals surface area contributed by atoms with Crippen LogP contribution in [0.15, 0.2) is 53.5 Å². The number of nitrogens with one attached hydrogen (secondary N) is 2. The molecule has 0 bridgehead atoms. The molecule has 13 heteroatoms. The summed E-state index contributed by atoms with van der Waals surface area (Å²) in [5, 5.41) is 26.0. The van der Waals surface area contributed by atoms with Gasteiger partial charge in [0.05, 0.1) is 18.8 Å². The molecule has 0 spiro atoms. The van der Waals surface area contributed by atoms with Crippen LogP contribution in [0.2, 0.25) is 0 Å². The van der Waals surface area contributed by atoms with Gasteiger partial charge in [0, 0.05) is 23.8 Å². The van der Waals surface area contributed by atoms with Crippen molar-refractivity contribution < 1.29 is 38.1 Å². The molecule has 4 N–H and O–H groups in total. The molecule has 1 aromatic heterocycles. The minimum absolute atomic E-state index is 0.107. The van der Waals surface area contributed by atoms with E-state index in [0.29, 0.717) is 22.4 Å². The number of anilines is 2. The quantitative estimate of drug-likeness (QED) is 0.295. The third-order valence-corrected chi connectivity index (χ3v) is 6.44. The van der Waals surface area contributed by atoms with Crippen LogP contribution in [0.25, 0.3) is 16.8 Å². The van der Waals surface area contributed by atoms with Crippen LogP contribution in [0.5, 0.6) is 0 Å². The minimum atomic E-state index is -3.84. The van der Waals surface area contributed by atoms with Crippen LogP contribution in [-0.4, -0.2) is 76.0 Å². The normalized spacial score (nSPS) is 21.3. The summed E-state index contributed by atoms with van der Waals surface area (Å²) >= 11 is 0. The number of allylic oxidation sites excluding steroid dienone is 1. The maximum atomic E-state index is 14.3. The van der Waals surface area contributed by atoms with E-state index < -0.39 is 42.6 Å². The highest BCUT2D eigenvalue weighted by Crippen LogP contribution is 2.42. The van der Waals surface area contributed by atoms with E-state index in [4.69, 9.17) is 14.6 Å². The average molecular weight is 542 g/mol. The molecule has 1 aliphatic carbocycles. The number of carbonyl (C=O) groups is 2. The summed E-state index contributed by atoms with van der Waals surface area (Å²) < 4.78 is 39.3. The number of aliphatic hydroxyl groups is 2. The second kappa shape index (κ2) is 10.6. The Kier molecular flexibility index (Phi) is 7.23. The van der Waals surface area contributed by atoms with Gasteiger partial charge in [0.1, 0.15) is 18.5 Å². The molecule has 3 atom stereocenters. The molecule has 3 aromatic rings. The Labute approximate surface area is 219 Å². The minimum Gasteiger partial charge on any atom is -0.394 e. The lowest BCUT2D eigenvalue weighted by molar-refractivity contribution is -0.141. The number of aliphatic hydroxyl groups excluding tert-OH is 2. The molecular formula is C26H24F2N4O7. The Morgan fingerprint density at radius 1 is 1.18 bits per heavy atom. The number of alkyl halides is 2. The van der Waals surface area contributed by atoms with Gasteiger partial charge in [-0.1, -0.05) is 30.3 Å². The predicted molar refractivity (Wildman–Crippen MR) is 136 cm³/mol. The van der Waals surface area contributed by atoms with E-state index in [1.54, 1.807) is 6.08 Å². The van der Waals surface area contributed by atoms with Gasteiger partial charge in [0.2, 0.25) is 6.23 Å². The fourth-order valence-electron chi connectivity index (χ4n) is 4.58. The van der Waals surface area contributed by atoms with Gasteiger partial charge in [-0.2, -0.15) is 13.8 Å². The smallest absolute Gasteiger partial charge is 0.351 e. The van der Waals surface area contributed by atoms with E-state index in [-0.39, 0.29) is 24.8 Å². The zero-order valence-electron chi connectivity index (χ0n) is 20.3. The van der Waals surface area contributed by atoms with Gasteiger partial charge in [-0.25, -0.2) is 4.79 Å². The van der Waals surface area contributed by atoms with E-state index in [1.165, 1.54) is 6.08 Å². The van der Waals surface area contributed by atoms with Crippen molar-refractivity contribution in [2.45, 2.75) is 24.4 Å². The first-order valence-electron chi connectivity index (χ1n) is 12.0. The lowest BCUT2D eigenvalue weighted by Gasteiger charge is -2.21. The van der Waals surface area contributed by atoms with Crippen LogP contribution >= 0.6 is 0 Å². The first-order chi connectivity index (χ1) is 18.7. The molecule has 1 saturated heterocycles. The molecule has 5 rings (SSSR count). The SMILES string of the molecule is O=C(COCCNc1ccc2cccc3c2c1C(=O)C=C3)Nc1ccn([C@@H]2O[C@H](CO)[C@H](O)C2(F)F)c(=O)n1. The van der Waals surface area contributed by atoms with Gasteiger partial charge < -0.3 is 30.3 Å². The lowest BCUT2D eigenvalue weighted by atomic mass is 9.91. The fraction of sp³-hybridized carbons (Fsp3) is 0.308. The zero-order valence-corrected chi connectivity index (χ0v) is 20.3. The molecule has 2 aromatic carbocycles. The number of benzene rings is 2. The van der Waals surface area contributed by atoms with Crippen LogP contribution in [0.4, 0.5) is 20.3 Å². The van der Waals surface area contributed by atoms with Gasteiger partial charge in [0.25, 0.3) is 5.91 Å². The summed E-state index contributed by atoms with van der Waals surface area (Å²) in [6, 6.07) is 10.6. The van der Waals surface area contributed by atoms with E-state index in [9.17, 15) is 28.3 Å². The van der Waals surface area contributed by atoms with E-state index in [1.807, 2.05) is 30.3 Å². The second-order valence-electron chi connectivity index (χ2n) is 8.99. The Balaban J connectivity index is 1.13. The molecule has 2 aliphatic rings. The summed E-state index contributed by atoms with van der Waals surface area (Å²) in [4.78, 5) is 40.6. The number of rotatable bonds is 9. The molecule has 204 valence electrons. The van der Waals surface area contributed by atoms with Gasteiger partial charge in [-0.3, -0.25) is 14.2 Å². The Hall–Kier alpha value is -4.04. The van der Waals surface area contributed by atoms with Crippen molar-refractivity contribution in [2.75, 3.05) is 37.0 Å². The highest BCUT2D eigenvalue weighted by atomic mass is 19.3. The number of amides is 1. The van der Waals surface area contributed by atoms with Gasteiger partial charge in [-0.15, -0.1) is 0 Å². The number of hydrogen-bond donors (Lipinski definition) is 4. The molecule has 2 heterocycles. The number of halogens is 2. The summed E-state index contributed by atoms with van der Waals surface area (Å²) in [5.74, 6) is -4.78. The molecule has 0 unspecified atom stereocenters. The van der Waals surface area contributed by atoms with Crippen LogP contribution in [-0.2, 0) is 14.3 Å². The first-order valence-corrected chi connectivity index (χ1v) is 12.0. The van der Waals surface area contributed by atoms with E-state index >= 15 is 0 Å². The Morgan fingerprint density at radius 3 is 2.74 bits per heavy atom. The van der Waals surface area contributed by atoms with Crippen molar-refractivity contribution >= 4 is 40.0 Å². The number of hydrogen-bond acceptors (Lipinski definition) is 9. The number of nitrogens with zero attached hydrogens (tertiary/aromatic N) is 2. The summed E-state index contributed by atoms with van der Waals surface area (Å²) in [5.41, 5.74) is 1.03. The highest BCUT2D eigenvalue weighted by Gasteiger charge is 2.59. The average Bonchev–Trinajstić information content (AvgIpc) is 3.14. The van der Waals surface area contributed by atoms with Crippen molar-refractivity contribution in [2.24, 2.45) is 0 Å². The largest absolute Gasteiger partial charge is 0.394 e. The second-order valence-corrected chi connectivity index (χ2v) is 8.99. The predicted octanol–water partition coefficient (Wildman–Crippen LogP) is 1.56. The first kappa shape index (κ1) is 26.6. The van der Waals surface area contributed by atoms with Gasteiger partial charge >= 0.3 is 11.6 Å². The summed E-state index contributed by atoms with van der Waals surface area (Å²) in [6.07, 6.45) is -1.78. The zero-order chi connectivity index (χ0) is 27.7. The maximum Gasteiger partial charge on any atom is 0.351 e. The highest BCUT2D eigenvalue weighted by molar-refractivity contribution is 6.23. The van der Waals surface area contributed by atoms with Crippen LogP contribution < -0.4 is 16.3 Å². The van der Waals surface area contributed by atoms with Crippen molar-refractivity contribution in [1.29, 1.82) is 0 Å². The maximum absolute atomic E-state index is 14.3. The summed E-state index contributed by atoms with van der Waals surface area (Å²) in [6.45, 7) is -0.820. The summed E-state index contributed by atoms with van der Waals surface area (Å²) in [7, 11) is 0. The van der Waals surface area contributed by atoms with Crippen molar-refractivity contribution in [3.05, 3.63) is 70.3 Å². The molecule has 1 fully saturated rings.